The molecule has 10 nitrogen and oxygen atoms in total. The Balaban J connectivity index is 1.14. The number of primary amides is 1. The number of nitrogens with zero attached hydrogens (tertiary/aromatic N) is 7. The zero-order valence-electron chi connectivity index (χ0n) is 20.9. The molecular formula is C25H29F3N8O2. The van der Waals surface area contributed by atoms with Crippen molar-refractivity contribution in [1.82, 2.24) is 29.3 Å². The number of amides is 2. The van der Waals surface area contributed by atoms with Crippen LogP contribution >= 0.6 is 0 Å². The Labute approximate surface area is 217 Å². The summed E-state index contributed by atoms with van der Waals surface area (Å²) in [6, 6.07) is 5.02. The van der Waals surface area contributed by atoms with Gasteiger partial charge in [0.1, 0.15) is 0 Å². The lowest BCUT2D eigenvalue weighted by Gasteiger charge is -2.44. The molecule has 4 heterocycles. The topological polar surface area (TPSA) is 113 Å². The number of likely N-dealkylation sites (N-methyl/N-ethyl adjacent to an activating group) is 1. The van der Waals surface area contributed by atoms with Crippen molar-refractivity contribution < 1.29 is 22.8 Å². The molecule has 2 saturated heterocycles. The second-order valence-corrected chi connectivity index (χ2v) is 9.78. The summed E-state index contributed by atoms with van der Waals surface area (Å²) in [5, 5.41) is 0. The summed E-state index contributed by atoms with van der Waals surface area (Å²) in [7, 11) is 1.82. The third-order valence-corrected chi connectivity index (χ3v) is 7.56. The van der Waals surface area contributed by atoms with Crippen LogP contribution in [0.15, 0.2) is 36.9 Å². The number of benzene rings is 1. The van der Waals surface area contributed by atoms with E-state index in [0.717, 1.165) is 36.4 Å². The molecule has 1 atom stereocenters. The van der Waals surface area contributed by atoms with Crippen molar-refractivity contribution >= 4 is 28.8 Å². The summed E-state index contributed by atoms with van der Waals surface area (Å²) in [5.74, 6) is -0.147. The number of hydrogen-bond donors (Lipinski definition) is 1. The molecule has 2 aromatic heterocycles. The molecule has 13 heteroatoms. The maximum atomic E-state index is 13.3. The van der Waals surface area contributed by atoms with Crippen LogP contribution in [0.25, 0.3) is 11.0 Å². The number of halogens is 3. The van der Waals surface area contributed by atoms with Crippen LogP contribution < -0.4 is 10.6 Å². The Morgan fingerprint density at radius 2 is 1.76 bits per heavy atom. The fraction of sp³-hybridized carbons (Fsp3) is 0.480. The van der Waals surface area contributed by atoms with Gasteiger partial charge >= 0.3 is 6.18 Å². The maximum Gasteiger partial charge on any atom is 0.419 e. The largest absolute Gasteiger partial charge is 0.419 e. The highest BCUT2D eigenvalue weighted by atomic mass is 19.4. The number of fused-ring (bicyclic) bond motifs is 1. The van der Waals surface area contributed by atoms with E-state index in [0.29, 0.717) is 44.6 Å². The molecule has 0 saturated carbocycles. The summed E-state index contributed by atoms with van der Waals surface area (Å²) in [6.07, 6.45) is 1.03. The number of aromatic nitrogens is 4. The summed E-state index contributed by atoms with van der Waals surface area (Å²) < 4.78 is 40.3. The molecule has 2 aliphatic rings. The molecule has 2 aliphatic heterocycles. The van der Waals surface area contributed by atoms with Crippen LogP contribution in [0.2, 0.25) is 0 Å². The summed E-state index contributed by atoms with van der Waals surface area (Å²) in [4.78, 5) is 42.8. The molecular weight excluding hydrogens is 501 g/mol. The van der Waals surface area contributed by atoms with Gasteiger partial charge in [-0.3, -0.25) is 14.5 Å². The Morgan fingerprint density at radius 1 is 1.05 bits per heavy atom. The Bertz CT molecular complexity index is 1320. The van der Waals surface area contributed by atoms with Crippen molar-refractivity contribution in [2.75, 3.05) is 38.1 Å². The fourth-order valence-electron chi connectivity index (χ4n) is 5.11. The van der Waals surface area contributed by atoms with Gasteiger partial charge in [0, 0.05) is 63.8 Å². The van der Waals surface area contributed by atoms with Crippen LogP contribution in [0.3, 0.4) is 0 Å². The highest BCUT2D eigenvalue weighted by Gasteiger charge is 2.38. The Hall–Kier alpha value is -3.74. The minimum atomic E-state index is -4.47. The zero-order chi connectivity index (χ0) is 27.0. The SMILES string of the molecule is CN(C(=O)C1CCN1CCn1cnc2ccc(C(N)=O)cc21)C1CCN(c2ncc(C(F)(F)F)cn2)CC1. The van der Waals surface area contributed by atoms with Gasteiger partial charge in [-0.2, -0.15) is 13.2 Å². The first-order valence-corrected chi connectivity index (χ1v) is 12.5. The highest BCUT2D eigenvalue weighted by molar-refractivity contribution is 5.96. The third-order valence-electron chi connectivity index (χ3n) is 7.56. The van der Waals surface area contributed by atoms with Crippen LogP contribution in [-0.4, -0.2) is 86.4 Å². The maximum absolute atomic E-state index is 13.3. The van der Waals surface area contributed by atoms with E-state index < -0.39 is 17.6 Å². The molecule has 3 aromatic rings. The van der Waals surface area contributed by atoms with Crippen LogP contribution in [-0.2, 0) is 17.5 Å². The first kappa shape index (κ1) is 25.9. The van der Waals surface area contributed by atoms with Crippen molar-refractivity contribution in [1.29, 1.82) is 0 Å². The standard InChI is InChI=1S/C25H29F3N8O2/c1-33(18-4-7-35(8-5-18)24-30-13-17(14-31-24)25(26,27)28)23(38)20-6-9-34(20)10-11-36-15-32-19-3-2-16(22(29)37)12-21(19)36/h2-3,12-15,18,20H,4-11H2,1H3,(H2,29,37). The van der Waals surface area contributed by atoms with Crippen molar-refractivity contribution in [2.24, 2.45) is 5.73 Å². The number of imidazole rings is 1. The summed E-state index contributed by atoms with van der Waals surface area (Å²) in [5.41, 5.74) is 6.56. The monoisotopic (exact) mass is 530 g/mol. The van der Waals surface area contributed by atoms with Gasteiger partial charge < -0.3 is 20.1 Å². The smallest absolute Gasteiger partial charge is 0.366 e. The fourth-order valence-corrected chi connectivity index (χ4v) is 5.11. The normalized spacial score (nSPS) is 18.9. The lowest BCUT2D eigenvalue weighted by Crippen LogP contribution is -2.59. The number of alkyl halides is 3. The van der Waals surface area contributed by atoms with Gasteiger partial charge in [0.2, 0.25) is 17.8 Å². The van der Waals surface area contributed by atoms with Crippen molar-refractivity contribution in [3.05, 3.63) is 48.0 Å². The quantitative estimate of drug-likeness (QED) is 0.498. The van der Waals surface area contributed by atoms with E-state index in [-0.39, 0.29) is 23.9 Å². The molecule has 0 aliphatic carbocycles. The lowest BCUT2D eigenvalue weighted by atomic mass is 9.98. The molecule has 2 fully saturated rings. The van der Waals surface area contributed by atoms with Gasteiger partial charge in [0.05, 0.1) is 29.0 Å². The Morgan fingerprint density at radius 3 is 2.37 bits per heavy atom. The van der Waals surface area contributed by atoms with E-state index in [1.54, 1.807) is 24.5 Å². The van der Waals surface area contributed by atoms with Gasteiger partial charge in [0.15, 0.2) is 0 Å². The van der Waals surface area contributed by atoms with Crippen molar-refractivity contribution in [3.63, 3.8) is 0 Å². The first-order chi connectivity index (χ1) is 18.1. The predicted octanol–water partition coefficient (Wildman–Crippen LogP) is 2.15. The van der Waals surface area contributed by atoms with E-state index in [2.05, 4.69) is 19.9 Å². The molecule has 1 aromatic carbocycles. The summed E-state index contributed by atoms with van der Waals surface area (Å²) in [6.45, 7) is 3.23. The average Bonchev–Trinajstić information content (AvgIpc) is 3.29. The number of anilines is 1. The minimum Gasteiger partial charge on any atom is -0.366 e. The van der Waals surface area contributed by atoms with Crippen LogP contribution in [0.1, 0.15) is 35.2 Å². The van der Waals surface area contributed by atoms with E-state index in [1.807, 2.05) is 21.4 Å². The lowest BCUT2D eigenvalue weighted by molar-refractivity contribution is -0.143. The van der Waals surface area contributed by atoms with Gasteiger partial charge in [-0.05, 0) is 37.5 Å². The van der Waals surface area contributed by atoms with Crippen molar-refractivity contribution in [2.45, 2.75) is 44.1 Å². The van der Waals surface area contributed by atoms with E-state index in [9.17, 15) is 22.8 Å². The molecule has 202 valence electrons. The average molecular weight is 531 g/mol. The second kappa shape index (κ2) is 10.2. The van der Waals surface area contributed by atoms with Gasteiger partial charge in [-0.25, -0.2) is 15.0 Å². The van der Waals surface area contributed by atoms with Crippen molar-refractivity contribution in [3.8, 4) is 0 Å². The molecule has 0 spiro atoms. The van der Waals surface area contributed by atoms with Gasteiger partial charge in [-0.15, -0.1) is 0 Å². The minimum absolute atomic E-state index is 0.0421. The first-order valence-electron chi connectivity index (χ1n) is 12.5. The predicted molar refractivity (Wildman–Crippen MR) is 133 cm³/mol. The molecule has 1 unspecified atom stereocenters. The number of carbonyl (C=O) groups excluding carboxylic acids is 2. The number of piperidine rings is 1. The molecule has 38 heavy (non-hydrogen) atoms. The molecule has 0 radical (unpaired) electrons. The molecule has 5 rings (SSSR count). The van der Waals surface area contributed by atoms with Crippen LogP contribution in [0.5, 0.6) is 0 Å². The summed E-state index contributed by atoms with van der Waals surface area (Å²) >= 11 is 0. The Kier molecular flexibility index (Phi) is 6.95. The van der Waals surface area contributed by atoms with Crippen LogP contribution in [0.4, 0.5) is 19.1 Å². The number of rotatable bonds is 7. The zero-order valence-corrected chi connectivity index (χ0v) is 20.9. The molecule has 2 N–H and O–H groups in total. The van der Waals surface area contributed by atoms with E-state index in [1.165, 1.54) is 0 Å². The van der Waals surface area contributed by atoms with Crippen LogP contribution in [0, 0.1) is 0 Å². The number of carbonyl (C=O) groups is 2. The van der Waals surface area contributed by atoms with E-state index in [4.69, 9.17) is 5.73 Å². The molecule has 0 bridgehead atoms. The number of likely N-dealkylation sites (tertiary alicyclic amines) is 1. The second-order valence-electron chi connectivity index (χ2n) is 9.78. The number of hydrogen-bond acceptors (Lipinski definition) is 7. The highest BCUT2D eigenvalue weighted by Crippen LogP contribution is 2.29. The van der Waals surface area contributed by atoms with Gasteiger partial charge in [-0.1, -0.05) is 0 Å². The number of nitrogens with two attached hydrogens (primary N) is 1. The third kappa shape index (κ3) is 5.15. The van der Waals surface area contributed by atoms with E-state index >= 15 is 0 Å². The molecule has 2 amide bonds. The van der Waals surface area contributed by atoms with Gasteiger partial charge in [0.25, 0.3) is 0 Å².